The zero-order valence-corrected chi connectivity index (χ0v) is 17.6. The van der Waals surface area contributed by atoms with Crippen LogP contribution in [-0.4, -0.2) is 63.2 Å². The van der Waals surface area contributed by atoms with Gasteiger partial charge in [-0.15, -0.1) is 0 Å². The SMILES string of the molecule is O=C(COc1ccccc1N1CCNCC1)NCCCN1CCc2ccccc2C1. The Hall–Kier alpha value is -2.57. The van der Waals surface area contributed by atoms with E-state index in [4.69, 9.17) is 4.74 Å². The molecule has 1 amide bonds. The highest BCUT2D eigenvalue weighted by molar-refractivity contribution is 5.77. The second-order valence-electron chi connectivity index (χ2n) is 7.99. The number of nitrogens with one attached hydrogen (secondary N) is 2. The topological polar surface area (TPSA) is 56.8 Å². The highest BCUT2D eigenvalue weighted by Crippen LogP contribution is 2.28. The van der Waals surface area contributed by atoms with Gasteiger partial charge in [-0.1, -0.05) is 36.4 Å². The number of hydrogen-bond acceptors (Lipinski definition) is 5. The first-order valence-corrected chi connectivity index (χ1v) is 11.0. The summed E-state index contributed by atoms with van der Waals surface area (Å²) in [6, 6.07) is 16.7. The van der Waals surface area contributed by atoms with Crippen molar-refractivity contribution in [3.8, 4) is 5.75 Å². The summed E-state index contributed by atoms with van der Waals surface area (Å²) in [5.74, 6) is 0.718. The molecule has 0 unspecified atom stereocenters. The minimum atomic E-state index is -0.0610. The molecule has 0 radical (unpaired) electrons. The summed E-state index contributed by atoms with van der Waals surface area (Å²) in [7, 11) is 0. The van der Waals surface area contributed by atoms with E-state index in [-0.39, 0.29) is 12.5 Å². The van der Waals surface area contributed by atoms with Crippen LogP contribution in [-0.2, 0) is 17.8 Å². The average Bonchev–Trinajstić information content (AvgIpc) is 2.81. The molecular formula is C24H32N4O2. The first kappa shape index (κ1) is 20.7. The van der Waals surface area contributed by atoms with E-state index in [0.717, 1.165) is 70.1 Å². The third kappa shape index (κ3) is 5.52. The molecule has 30 heavy (non-hydrogen) atoms. The lowest BCUT2D eigenvalue weighted by atomic mass is 10.00. The molecule has 0 atom stereocenters. The van der Waals surface area contributed by atoms with Crippen molar-refractivity contribution in [1.29, 1.82) is 0 Å². The Kier molecular flexibility index (Phi) is 7.21. The van der Waals surface area contributed by atoms with E-state index in [9.17, 15) is 4.79 Å². The molecule has 2 N–H and O–H groups in total. The number of piperazine rings is 1. The zero-order chi connectivity index (χ0) is 20.6. The van der Waals surface area contributed by atoms with Gasteiger partial charge in [0.2, 0.25) is 0 Å². The Morgan fingerprint density at radius 2 is 1.77 bits per heavy atom. The lowest BCUT2D eigenvalue weighted by Gasteiger charge is -2.30. The molecule has 160 valence electrons. The Labute approximate surface area is 179 Å². The second kappa shape index (κ2) is 10.5. The fourth-order valence-corrected chi connectivity index (χ4v) is 4.22. The van der Waals surface area contributed by atoms with E-state index in [2.05, 4.69) is 50.8 Å². The van der Waals surface area contributed by atoms with Crippen molar-refractivity contribution in [2.24, 2.45) is 0 Å². The van der Waals surface area contributed by atoms with Gasteiger partial charge < -0.3 is 20.3 Å². The molecule has 2 aromatic carbocycles. The largest absolute Gasteiger partial charge is 0.482 e. The number of anilines is 1. The molecule has 2 heterocycles. The van der Waals surface area contributed by atoms with Crippen LogP contribution >= 0.6 is 0 Å². The Morgan fingerprint density at radius 1 is 1.00 bits per heavy atom. The number of para-hydroxylation sites is 2. The van der Waals surface area contributed by atoms with Crippen LogP contribution in [0, 0.1) is 0 Å². The monoisotopic (exact) mass is 408 g/mol. The normalized spacial score (nSPS) is 16.7. The van der Waals surface area contributed by atoms with E-state index in [1.54, 1.807) is 0 Å². The van der Waals surface area contributed by atoms with E-state index in [1.165, 1.54) is 11.1 Å². The average molecular weight is 409 g/mol. The fraction of sp³-hybridized carbons (Fsp3) is 0.458. The number of carbonyl (C=O) groups excluding carboxylic acids is 1. The summed E-state index contributed by atoms with van der Waals surface area (Å²) in [6.45, 7) is 7.68. The number of carbonyl (C=O) groups is 1. The van der Waals surface area contributed by atoms with Crippen molar-refractivity contribution in [2.75, 3.05) is 57.3 Å². The maximum absolute atomic E-state index is 12.2. The van der Waals surface area contributed by atoms with E-state index in [0.29, 0.717) is 6.54 Å². The molecule has 6 nitrogen and oxygen atoms in total. The predicted octanol–water partition coefficient (Wildman–Crippen LogP) is 2.04. The molecule has 2 aromatic rings. The van der Waals surface area contributed by atoms with Gasteiger partial charge in [0.05, 0.1) is 5.69 Å². The number of nitrogens with zero attached hydrogens (tertiary/aromatic N) is 2. The minimum Gasteiger partial charge on any atom is -0.482 e. The molecule has 0 aromatic heterocycles. The van der Waals surface area contributed by atoms with E-state index < -0.39 is 0 Å². The Bertz CT molecular complexity index is 835. The van der Waals surface area contributed by atoms with Crippen molar-refractivity contribution in [2.45, 2.75) is 19.4 Å². The minimum absolute atomic E-state index is 0.0557. The molecule has 0 saturated carbocycles. The van der Waals surface area contributed by atoms with Crippen LogP contribution in [0.3, 0.4) is 0 Å². The lowest BCUT2D eigenvalue weighted by molar-refractivity contribution is -0.123. The third-order valence-electron chi connectivity index (χ3n) is 5.86. The molecule has 6 heteroatoms. The number of fused-ring (bicyclic) bond motifs is 1. The van der Waals surface area contributed by atoms with Gasteiger partial charge in [0.25, 0.3) is 5.91 Å². The van der Waals surface area contributed by atoms with Crippen molar-refractivity contribution >= 4 is 11.6 Å². The smallest absolute Gasteiger partial charge is 0.257 e. The van der Waals surface area contributed by atoms with Gasteiger partial charge in [-0.05, 0) is 36.1 Å². The van der Waals surface area contributed by atoms with E-state index >= 15 is 0 Å². The van der Waals surface area contributed by atoms with Crippen LogP contribution in [0.2, 0.25) is 0 Å². The first-order valence-electron chi connectivity index (χ1n) is 11.0. The molecule has 0 spiro atoms. The molecular weight excluding hydrogens is 376 g/mol. The van der Waals surface area contributed by atoms with Gasteiger partial charge >= 0.3 is 0 Å². The van der Waals surface area contributed by atoms with Gasteiger partial charge in [0.1, 0.15) is 5.75 Å². The zero-order valence-electron chi connectivity index (χ0n) is 17.6. The Balaban J connectivity index is 1.17. The summed E-state index contributed by atoms with van der Waals surface area (Å²) in [6.07, 6.45) is 2.06. The van der Waals surface area contributed by atoms with Crippen molar-refractivity contribution in [3.63, 3.8) is 0 Å². The van der Waals surface area contributed by atoms with Crippen molar-refractivity contribution < 1.29 is 9.53 Å². The maximum Gasteiger partial charge on any atom is 0.257 e. The van der Waals surface area contributed by atoms with Gasteiger partial charge in [0, 0.05) is 52.4 Å². The third-order valence-corrected chi connectivity index (χ3v) is 5.86. The van der Waals surface area contributed by atoms with Crippen molar-refractivity contribution in [1.82, 2.24) is 15.5 Å². The van der Waals surface area contributed by atoms with Gasteiger partial charge in [-0.2, -0.15) is 0 Å². The van der Waals surface area contributed by atoms with Crippen LogP contribution in [0.5, 0.6) is 5.75 Å². The van der Waals surface area contributed by atoms with Crippen LogP contribution < -0.4 is 20.3 Å². The van der Waals surface area contributed by atoms with Gasteiger partial charge in [0.15, 0.2) is 6.61 Å². The summed E-state index contributed by atoms with van der Waals surface area (Å²) < 4.78 is 5.85. The van der Waals surface area contributed by atoms with Crippen LogP contribution in [0.4, 0.5) is 5.69 Å². The summed E-state index contributed by atoms with van der Waals surface area (Å²) in [5, 5.41) is 6.36. The molecule has 2 aliphatic rings. The van der Waals surface area contributed by atoms with Gasteiger partial charge in [-0.3, -0.25) is 9.69 Å². The maximum atomic E-state index is 12.2. The standard InChI is InChI=1S/C24H32N4O2/c29-24(19-30-23-9-4-3-8-22(23)28-16-12-25-13-17-28)26-11-5-14-27-15-10-20-6-1-2-7-21(20)18-27/h1-4,6-9,25H,5,10-19H2,(H,26,29). The number of ether oxygens (including phenoxy) is 1. The molecule has 0 bridgehead atoms. The molecule has 0 aliphatic carbocycles. The summed E-state index contributed by atoms with van der Waals surface area (Å²) in [5.41, 5.74) is 3.97. The molecule has 2 aliphatic heterocycles. The van der Waals surface area contributed by atoms with Gasteiger partial charge in [-0.25, -0.2) is 0 Å². The molecule has 1 saturated heterocycles. The van der Waals surface area contributed by atoms with Crippen molar-refractivity contribution in [3.05, 3.63) is 59.7 Å². The Morgan fingerprint density at radius 3 is 2.63 bits per heavy atom. The predicted molar refractivity (Wildman–Crippen MR) is 120 cm³/mol. The number of benzene rings is 2. The highest BCUT2D eigenvalue weighted by atomic mass is 16.5. The fourth-order valence-electron chi connectivity index (χ4n) is 4.22. The number of rotatable bonds is 8. The second-order valence-corrected chi connectivity index (χ2v) is 7.99. The van der Waals surface area contributed by atoms with Crippen LogP contribution in [0.15, 0.2) is 48.5 Å². The summed E-state index contributed by atoms with van der Waals surface area (Å²) in [4.78, 5) is 17.0. The van der Waals surface area contributed by atoms with Crippen LogP contribution in [0.1, 0.15) is 17.5 Å². The summed E-state index contributed by atoms with van der Waals surface area (Å²) >= 11 is 0. The van der Waals surface area contributed by atoms with E-state index in [1.807, 2.05) is 18.2 Å². The molecule has 1 fully saturated rings. The molecule has 4 rings (SSSR count). The number of amides is 1. The number of hydrogen-bond donors (Lipinski definition) is 2. The highest BCUT2D eigenvalue weighted by Gasteiger charge is 2.16. The first-order chi connectivity index (χ1) is 14.8. The lowest BCUT2D eigenvalue weighted by Crippen LogP contribution is -2.43. The van der Waals surface area contributed by atoms with Crippen LogP contribution in [0.25, 0.3) is 0 Å². The quantitative estimate of drug-likeness (QED) is 0.655.